The van der Waals surface area contributed by atoms with Gasteiger partial charge in [0.15, 0.2) is 21.9 Å². The molecule has 0 atom stereocenters. The molecule has 0 fully saturated rings. The molecule has 0 aliphatic carbocycles. The zero-order valence-electron chi connectivity index (χ0n) is 9.58. The molecule has 0 aromatic carbocycles. The van der Waals surface area contributed by atoms with Crippen molar-refractivity contribution in [1.82, 2.24) is 14.5 Å². The predicted molar refractivity (Wildman–Crippen MR) is 70.6 cm³/mol. The van der Waals surface area contributed by atoms with E-state index in [1.54, 1.807) is 30.5 Å². The van der Waals surface area contributed by atoms with Crippen LogP contribution < -0.4 is 0 Å². The lowest BCUT2D eigenvalue weighted by Crippen LogP contribution is -2.10. The van der Waals surface area contributed by atoms with E-state index < -0.39 is 5.97 Å². The van der Waals surface area contributed by atoms with Crippen molar-refractivity contribution < 1.29 is 14.3 Å². The van der Waals surface area contributed by atoms with Crippen LogP contribution in [0.25, 0.3) is 22.7 Å². The van der Waals surface area contributed by atoms with Crippen molar-refractivity contribution in [2.75, 3.05) is 0 Å². The minimum Gasteiger partial charge on any atom is -0.480 e. The number of pyridine rings is 1. The van der Waals surface area contributed by atoms with Crippen LogP contribution in [-0.2, 0) is 11.3 Å². The molecule has 0 amide bonds. The Morgan fingerprint density at radius 2 is 2.26 bits per heavy atom. The molecule has 0 radical (unpaired) electrons. The molecule has 0 saturated carbocycles. The normalized spacial score (nSPS) is 11.0. The van der Waals surface area contributed by atoms with Gasteiger partial charge in [-0.2, -0.15) is 0 Å². The Balaban J connectivity index is 2.25. The van der Waals surface area contributed by atoms with Crippen molar-refractivity contribution >= 4 is 33.1 Å². The summed E-state index contributed by atoms with van der Waals surface area (Å²) < 4.78 is 7.51. The van der Waals surface area contributed by atoms with Crippen molar-refractivity contribution in [1.29, 1.82) is 0 Å². The Kier molecular flexibility index (Phi) is 2.83. The van der Waals surface area contributed by atoms with E-state index in [1.165, 1.54) is 4.57 Å². The van der Waals surface area contributed by atoms with Crippen LogP contribution >= 0.6 is 15.9 Å². The molecule has 0 saturated heterocycles. The summed E-state index contributed by atoms with van der Waals surface area (Å²) in [7, 11) is 0. The van der Waals surface area contributed by atoms with Gasteiger partial charge in [-0.3, -0.25) is 9.36 Å². The second-order valence-corrected chi connectivity index (χ2v) is 4.65. The Morgan fingerprint density at radius 1 is 1.42 bits per heavy atom. The number of nitrogens with zero attached hydrogens (tertiary/aromatic N) is 3. The van der Waals surface area contributed by atoms with Crippen LogP contribution in [0.1, 0.15) is 0 Å². The molecule has 3 aromatic heterocycles. The standard InChI is InChI=1S/C12H8BrN3O3/c13-9-4-3-8(19-9)12-15-7-2-1-5-14-11(7)16(12)6-10(17)18/h1-5H,6H2,(H,17,18). The maximum absolute atomic E-state index is 11.0. The van der Waals surface area contributed by atoms with Gasteiger partial charge in [0, 0.05) is 6.20 Å². The monoisotopic (exact) mass is 321 g/mol. The number of fused-ring (bicyclic) bond motifs is 1. The molecule has 0 unspecified atom stereocenters. The van der Waals surface area contributed by atoms with Crippen LogP contribution in [0.2, 0.25) is 0 Å². The number of carbonyl (C=O) groups is 1. The fraction of sp³-hybridized carbons (Fsp3) is 0.0833. The Morgan fingerprint density at radius 3 is 2.95 bits per heavy atom. The number of carboxylic acid groups (broad SMARTS) is 1. The third kappa shape index (κ3) is 2.12. The van der Waals surface area contributed by atoms with Crippen molar-refractivity contribution in [2.45, 2.75) is 6.54 Å². The number of hydrogen-bond donors (Lipinski definition) is 1. The summed E-state index contributed by atoms with van der Waals surface area (Å²) in [6.45, 7) is -0.221. The molecule has 6 nitrogen and oxygen atoms in total. The highest BCUT2D eigenvalue weighted by atomic mass is 79.9. The van der Waals surface area contributed by atoms with Crippen molar-refractivity contribution in [3.8, 4) is 11.6 Å². The van der Waals surface area contributed by atoms with Crippen LogP contribution in [0, 0.1) is 0 Å². The molecule has 3 aromatic rings. The van der Waals surface area contributed by atoms with Crippen molar-refractivity contribution in [2.24, 2.45) is 0 Å². The number of carboxylic acids is 1. The molecule has 3 rings (SSSR count). The topological polar surface area (TPSA) is 81.1 Å². The molecule has 0 bridgehead atoms. The number of imidazole rings is 1. The number of aromatic nitrogens is 3. The number of halogens is 1. The molecule has 0 aliphatic heterocycles. The highest BCUT2D eigenvalue weighted by Crippen LogP contribution is 2.27. The van der Waals surface area contributed by atoms with E-state index in [0.717, 1.165) is 0 Å². The minimum absolute atomic E-state index is 0.221. The van der Waals surface area contributed by atoms with Gasteiger partial charge in [0.2, 0.25) is 0 Å². The molecule has 0 aliphatic rings. The number of rotatable bonds is 3. The average Bonchev–Trinajstić information content (AvgIpc) is 2.94. The number of furan rings is 1. The van der Waals surface area contributed by atoms with E-state index in [1.807, 2.05) is 0 Å². The first-order chi connectivity index (χ1) is 9.15. The quantitative estimate of drug-likeness (QED) is 0.801. The van der Waals surface area contributed by atoms with Gasteiger partial charge >= 0.3 is 5.97 Å². The second kappa shape index (κ2) is 4.51. The largest absolute Gasteiger partial charge is 0.480 e. The SMILES string of the molecule is O=C(O)Cn1c(-c2ccc(Br)o2)nc2cccnc21. The first-order valence-electron chi connectivity index (χ1n) is 5.44. The summed E-state index contributed by atoms with van der Waals surface area (Å²) in [5.74, 6) is -0.0234. The zero-order valence-corrected chi connectivity index (χ0v) is 11.2. The van der Waals surface area contributed by atoms with Gasteiger partial charge in [-0.25, -0.2) is 9.97 Å². The molecular formula is C12H8BrN3O3. The Bertz CT molecular complexity index is 763. The van der Waals surface area contributed by atoms with Crippen LogP contribution in [0.3, 0.4) is 0 Å². The summed E-state index contributed by atoms with van der Waals surface area (Å²) in [6, 6.07) is 6.99. The summed E-state index contributed by atoms with van der Waals surface area (Å²) in [6.07, 6.45) is 1.60. The Labute approximate surface area is 115 Å². The van der Waals surface area contributed by atoms with Gasteiger partial charge < -0.3 is 9.52 Å². The van der Waals surface area contributed by atoms with Gasteiger partial charge in [-0.15, -0.1) is 0 Å². The van der Waals surface area contributed by atoms with Crippen LogP contribution in [0.15, 0.2) is 39.5 Å². The second-order valence-electron chi connectivity index (χ2n) is 3.87. The molecule has 96 valence electrons. The van der Waals surface area contributed by atoms with Gasteiger partial charge in [0.25, 0.3) is 0 Å². The van der Waals surface area contributed by atoms with Crippen LogP contribution in [0.4, 0.5) is 0 Å². The average molecular weight is 322 g/mol. The fourth-order valence-electron chi connectivity index (χ4n) is 1.87. The van der Waals surface area contributed by atoms with Crippen LogP contribution in [-0.4, -0.2) is 25.6 Å². The number of hydrogen-bond acceptors (Lipinski definition) is 4. The van der Waals surface area contributed by atoms with E-state index in [4.69, 9.17) is 9.52 Å². The highest BCUT2D eigenvalue weighted by Gasteiger charge is 2.17. The third-order valence-electron chi connectivity index (χ3n) is 2.59. The molecule has 1 N–H and O–H groups in total. The first kappa shape index (κ1) is 11.9. The summed E-state index contributed by atoms with van der Waals surface area (Å²) in [5.41, 5.74) is 1.15. The van der Waals surface area contributed by atoms with E-state index in [0.29, 0.717) is 27.4 Å². The van der Waals surface area contributed by atoms with E-state index in [-0.39, 0.29) is 6.54 Å². The third-order valence-corrected chi connectivity index (χ3v) is 3.02. The molecule has 7 heteroatoms. The maximum Gasteiger partial charge on any atom is 0.323 e. The van der Waals surface area contributed by atoms with Crippen molar-refractivity contribution in [3.05, 3.63) is 35.1 Å². The zero-order chi connectivity index (χ0) is 13.4. The van der Waals surface area contributed by atoms with Gasteiger partial charge in [-0.05, 0) is 40.2 Å². The highest BCUT2D eigenvalue weighted by molar-refractivity contribution is 9.10. The fourth-order valence-corrected chi connectivity index (χ4v) is 2.17. The predicted octanol–water partition coefficient (Wildman–Crippen LogP) is 2.54. The first-order valence-corrected chi connectivity index (χ1v) is 6.23. The summed E-state index contributed by atoms with van der Waals surface area (Å²) >= 11 is 3.21. The maximum atomic E-state index is 11.0. The summed E-state index contributed by atoms with van der Waals surface area (Å²) in [5, 5.41) is 9.01. The van der Waals surface area contributed by atoms with E-state index >= 15 is 0 Å². The summed E-state index contributed by atoms with van der Waals surface area (Å²) in [4.78, 5) is 19.5. The Hall–Kier alpha value is -2.15. The molecule has 0 spiro atoms. The molecular weight excluding hydrogens is 314 g/mol. The van der Waals surface area contributed by atoms with E-state index in [2.05, 4.69) is 25.9 Å². The lowest BCUT2D eigenvalue weighted by Gasteiger charge is -2.02. The smallest absolute Gasteiger partial charge is 0.323 e. The minimum atomic E-state index is -0.961. The lowest BCUT2D eigenvalue weighted by atomic mass is 10.4. The molecule has 19 heavy (non-hydrogen) atoms. The van der Waals surface area contributed by atoms with Crippen LogP contribution in [0.5, 0.6) is 0 Å². The van der Waals surface area contributed by atoms with Gasteiger partial charge in [-0.1, -0.05) is 0 Å². The lowest BCUT2D eigenvalue weighted by molar-refractivity contribution is -0.137. The van der Waals surface area contributed by atoms with Gasteiger partial charge in [0.05, 0.1) is 0 Å². The van der Waals surface area contributed by atoms with E-state index in [9.17, 15) is 4.79 Å². The number of aliphatic carboxylic acids is 1. The van der Waals surface area contributed by atoms with Crippen molar-refractivity contribution in [3.63, 3.8) is 0 Å². The van der Waals surface area contributed by atoms with Gasteiger partial charge in [0.1, 0.15) is 12.1 Å². The molecule has 3 heterocycles.